The second-order valence-corrected chi connectivity index (χ2v) is 15.0. The molecule has 0 N–H and O–H groups in total. The summed E-state index contributed by atoms with van der Waals surface area (Å²) in [6, 6.07) is 14.3. The molecule has 30 heavy (non-hydrogen) atoms. The smallest absolute Gasteiger partial charge is 0.0715 e. The molecule has 0 aromatic heterocycles. The van der Waals surface area contributed by atoms with Crippen LogP contribution < -0.4 is 0 Å². The summed E-state index contributed by atoms with van der Waals surface area (Å²) < 4.78 is 0. The van der Waals surface area contributed by atoms with Gasteiger partial charge in [-0.2, -0.15) is 0 Å². The van der Waals surface area contributed by atoms with Crippen molar-refractivity contribution in [1.82, 2.24) is 0 Å². The molecule has 0 saturated heterocycles. The van der Waals surface area contributed by atoms with E-state index in [1.54, 1.807) is 33.4 Å². The molecule has 0 amide bonds. The Morgan fingerprint density at radius 3 is 2.50 bits per heavy atom. The topological polar surface area (TPSA) is 0 Å². The van der Waals surface area contributed by atoms with Gasteiger partial charge in [-0.15, -0.1) is 0 Å². The monoisotopic (exact) mass is 405 g/mol. The van der Waals surface area contributed by atoms with Gasteiger partial charge in [0.05, 0.1) is 8.07 Å². The number of hydrogen-bond donors (Lipinski definition) is 0. The standard InChI is InChI=1S/C28H34Si.Li/c1-5-9-19(2)24-18-28(26-17-22-12-8-11-21(22)16-25(24)26)29(3,4)27-15-14-20-10-6-7-13-23(20)27;/h6-7,10,13-19,27-28H,5,8-9,11-12H2,1-4H3;. The number of aryl methyl sites for hydroxylation is 2. The van der Waals surface area contributed by atoms with Gasteiger partial charge < -0.3 is 0 Å². The Kier molecular flexibility index (Phi) is 6.11. The molecule has 3 aliphatic carbocycles. The van der Waals surface area contributed by atoms with Crippen LogP contribution in [0.1, 0.15) is 77.6 Å². The predicted octanol–water partition coefficient (Wildman–Crippen LogP) is 7.31. The maximum Gasteiger partial charge on any atom is 0.0715 e. The first kappa shape index (κ1) is 21.9. The molecule has 2 aromatic rings. The third kappa shape index (κ3) is 3.44. The summed E-state index contributed by atoms with van der Waals surface area (Å²) in [4.78, 5) is 0. The zero-order valence-electron chi connectivity index (χ0n) is 19.5. The molecular weight excluding hydrogens is 371 g/mol. The molecule has 0 aliphatic heterocycles. The summed E-state index contributed by atoms with van der Waals surface area (Å²) in [6.45, 7) is 10.0. The quantitative estimate of drug-likeness (QED) is 0.458. The van der Waals surface area contributed by atoms with Crippen LogP contribution in [0, 0.1) is 5.92 Å². The van der Waals surface area contributed by atoms with Crippen LogP contribution in [0.4, 0.5) is 0 Å². The van der Waals surface area contributed by atoms with Crippen LogP contribution in [0.5, 0.6) is 0 Å². The first-order valence-electron chi connectivity index (χ1n) is 11.7. The van der Waals surface area contributed by atoms with Crippen LogP contribution in [0.25, 0.3) is 11.6 Å². The van der Waals surface area contributed by atoms with Crippen LogP contribution in [0.15, 0.2) is 48.6 Å². The van der Waals surface area contributed by atoms with E-state index in [1.165, 1.54) is 37.7 Å². The fourth-order valence-electron chi connectivity index (χ4n) is 6.24. The number of rotatable bonds is 5. The third-order valence-corrected chi connectivity index (χ3v) is 12.1. The molecule has 3 aliphatic rings. The zero-order valence-corrected chi connectivity index (χ0v) is 20.5. The van der Waals surface area contributed by atoms with E-state index >= 15 is 0 Å². The largest absolute Gasteiger partial charge is 0.0791 e. The van der Waals surface area contributed by atoms with Crippen molar-refractivity contribution < 1.29 is 0 Å². The van der Waals surface area contributed by atoms with E-state index in [9.17, 15) is 0 Å². The Morgan fingerprint density at radius 2 is 1.73 bits per heavy atom. The first-order valence-corrected chi connectivity index (χ1v) is 14.8. The predicted molar refractivity (Wildman–Crippen MR) is 135 cm³/mol. The van der Waals surface area contributed by atoms with Crippen molar-refractivity contribution in [2.45, 2.75) is 70.1 Å². The van der Waals surface area contributed by atoms with Crippen LogP contribution in [0.3, 0.4) is 0 Å². The number of benzene rings is 2. The van der Waals surface area contributed by atoms with Crippen LogP contribution in [0.2, 0.25) is 13.1 Å². The molecule has 2 aromatic carbocycles. The van der Waals surface area contributed by atoms with E-state index in [0.29, 0.717) is 17.0 Å². The van der Waals surface area contributed by atoms with Gasteiger partial charge in [0.15, 0.2) is 0 Å². The minimum Gasteiger partial charge on any atom is -0.0791 e. The van der Waals surface area contributed by atoms with Crippen molar-refractivity contribution in [2.75, 3.05) is 0 Å². The molecule has 151 valence electrons. The number of hydrogen-bond acceptors (Lipinski definition) is 0. The summed E-state index contributed by atoms with van der Waals surface area (Å²) in [7, 11) is -1.65. The molecule has 2 heteroatoms. The Hall–Kier alpha value is -1.27. The van der Waals surface area contributed by atoms with Crippen molar-refractivity contribution in [1.29, 1.82) is 0 Å². The fraction of sp³-hybridized carbons (Fsp3) is 0.429. The SMILES string of the molecule is CCCC(C)C1=CC([Si](C)(C)C2C=Cc3ccccc32)c2cc3c(cc21)CCC3.[Li]. The molecular formula is C28H34LiSi. The summed E-state index contributed by atoms with van der Waals surface area (Å²) in [5.74, 6) is 0.666. The molecule has 0 bridgehead atoms. The van der Waals surface area contributed by atoms with Gasteiger partial charge in [0, 0.05) is 18.9 Å². The van der Waals surface area contributed by atoms with E-state index in [-0.39, 0.29) is 18.9 Å². The molecule has 0 spiro atoms. The van der Waals surface area contributed by atoms with Crippen LogP contribution >= 0.6 is 0 Å². The first-order chi connectivity index (χ1) is 14.0. The van der Waals surface area contributed by atoms with E-state index in [1.807, 2.05) is 0 Å². The fourth-order valence-corrected chi connectivity index (χ4v) is 9.93. The van der Waals surface area contributed by atoms with Crippen LogP contribution in [-0.4, -0.2) is 26.9 Å². The van der Waals surface area contributed by atoms with Crippen LogP contribution in [-0.2, 0) is 12.8 Å². The maximum atomic E-state index is 2.72. The Morgan fingerprint density at radius 1 is 1.00 bits per heavy atom. The Balaban J connectivity index is 0.00000218. The molecule has 3 unspecified atom stereocenters. The van der Waals surface area contributed by atoms with E-state index < -0.39 is 8.07 Å². The minimum atomic E-state index is -1.65. The van der Waals surface area contributed by atoms with Crippen molar-refractivity contribution >= 4 is 38.6 Å². The minimum absolute atomic E-state index is 0. The Bertz CT molecular complexity index is 1010. The van der Waals surface area contributed by atoms with E-state index in [2.05, 4.69) is 81.6 Å². The second kappa shape index (κ2) is 8.35. The van der Waals surface area contributed by atoms with Gasteiger partial charge in [-0.25, -0.2) is 0 Å². The van der Waals surface area contributed by atoms with Gasteiger partial charge in [-0.3, -0.25) is 0 Å². The van der Waals surface area contributed by atoms with Crippen molar-refractivity contribution in [2.24, 2.45) is 5.92 Å². The van der Waals surface area contributed by atoms with E-state index in [4.69, 9.17) is 0 Å². The Labute approximate surface area is 196 Å². The second-order valence-electron chi connectivity index (χ2n) is 10.1. The molecule has 1 radical (unpaired) electrons. The van der Waals surface area contributed by atoms with Crippen molar-refractivity contribution in [3.8, 4) is 0 Å². The van der Waals surface area contributed by atoms with Gasteiger partial charge in [-0.05, 0) is 81.6 Å². The van der Waals surface area contributed by atoms with Gasteiger partial charge in [-0.1, -0.05) is 88.0 Å². The molecule has 3 atom stereocenters. The summed E-state index contributed by atoms with van der Waals surface area (Å²) in [6.07, 6.45) is 14.1. The van der Waals surface area contributed by atoms with Gasteiger partial charge in [0.25, 0.3) is 0 Å². The molecule has 0 nitrogen and oxygen atoms in total. The zero-order chi connectivity index (χ0) is 20.2. The summed E-state index contributed by atoms with van der Waals surface area (Å²) in [5, 5.41) is 0. The number of fused-ring (bicyclic) bond motifs is 3. The maximum absolute atomic E-state index is 2.72. The summed E-state index contributed by atoms with van der Waals surface area (Å²) in [5.41, 5.74) is 12.4. The van der Waals surface area contributed by atoms with Gasteiger partial charge >= 0.3 is 0 Å². The van der Waals surface area contributed by atoms with Crippen molar-refractivity contribution in [3.63, 3.8) is 0 Å². The third-order valence-electron chi connectivity index (χ3n) is 7.91. The molecule has 0 fully saturated rings. The normalized spacial score (nSPS) is 22.2. The number of allylic oxidation sites excluding steroid dienone is 3. The van der Waals surface area contributed by atoms with E-state index in [0.717, 1.165) is 0 Å². The van der Waals surface area contributed by atoms with Gasteiger partial charge in [0.1, 0.15) is 0 Å². The molecule has 0 saturated carbocycles. The molecule has 5 rings (SSSR count). The van der Waals surface area contributed by atoms with Gasteiger partial charge in [0.2, 0.25) is 0 Å². The summed E-state index contributed by atoms with van der Waals surface area (Å²) >= 11 is 0. The molecule has 0 heterocycles. The average molecular weight is 406 g/mol. The average Bonchev–Trinajstić information content (AvgIpc) is 3.42. The van der Waals surface area contributed by atoms with Crippen molar-refractivity contribution in [3.05, 3.63) is 81.9 Å².